The van der Waals surface area contributed by atoms with Crippen molar-refractivity contribution in [2.24, 2.45) is 0 Å². The van der Waals surface area contributed by atoms with Crippen LogP contribution >= 0.6 is 13.4 Å². The Bertz CT molecular complexity index is 2040. The molecule has 0 spiro atoms. The van der Waals surface area contributed by atoms with Gasteiger partial charge in [-0.1, -0.05) is 12.2 Å². The Labute approximate surface area is 285 Å². The standard InChI is InChI=1S/C25H27F2N9O9P2S2/c26-14-18-12-6-40-47(38,49)45-19-13(7-41-46(37,48)44-18)43-24(15(19)27)36-10-32-17-21(36)33-25(28)34-22(17)39-5-3-1-2-4-11-16-20(30-8-29-11)35(9-31-16)23(14)42-12/h1,3,8-10,12-15,18-19,23-24H,2,4-7H2,(H,37,48)(H,38,49)(H2,28,33,34)/b3-1+/t12-,13-,14-,15-,18-,19-,23-,24?,46?,47?/m1/s1. The second kappa shape index (κ2) is 12.8. The Hall–Kier alpha value is -2.72. The van der Waals surface area contributed by atoms with Crippen molar-refractivity contribution in [3.05, 3.63) is 36.8 Å². The zero-order valence-corrected chi connectivity index (χ0v) is 28.3. The first kappa shape index (κ1) is 33.4. The van der Waals surface area contributed by atoms with Crippen LogP contribution in [0.4, 0.5) is 14.7 Å². The van der Waals surface area contributed by atoms with Crippen LogP contribution in [0.5, 0.6) is 5.88 Å². The number of hydrogen-bond acceptors (Lipinski definition) is 16. The van der Waals surface area contributed by atoms with E-state index in [9.17, 15) is 9.79 Å². The molecule has 0 aromatic carbocycles. The first-order chi connectivity index (χ1) is 23.5. The minimum atomic E-state index is -4.27. The van der Waals surface area contributed by atoms with E-state index in [-0.39, 0.29) is 35.2 Å². The molecular weight excluding hydrogens is 734 g/mol. The smallest absolute Gasteiger partial charge is 0.325 e. The molecule has 4 N–H and O–H groups in total. The number of halogens is 2. The molecule has 24 heteroatoms. The highest BCUT2D eigenvalue weighted by molar-refractivity contribution is 8.07. The van der Waals surface area contributed by atoms with Crippen LogP contribution in [0.1, 0.15) is 24.6 Å². The molecule has 3 fully saturated rings. The Balaban J connectivity index is 1.22. The molecule has 18 nitrogen and oxygen atoms in total. The maximum absolute atomic E-state index is 16.3. The summed E-state index contributed by atoms with van der Waals surface area (Å²) in [5.74, 6) is -0.137. The van der Waals surface area contributed by atoms with Crippen molar-refractivity contribution in [2.75, 3.05) is 25.6 Å². The fourth-order valence-electron chi connectivity index (χ4n) is 6.06. The van der Waals surface area contributed by atoms with E-state index in [1.165, 1.54) is 28.1 Å². The number of nitrogens with two attached hydrogens (primary N) is 1. The van der Waals surface area contributed by atoms with Crippen LogP contribution in [-0.4, -0.2) is 105 Å². The first-order valence-corrected chi connectivity index (χ1v) is 20.0. The fraction of sp³-hybridized carbons (Fsp3) is 0.520. The number of aromatic nitrogens is 8. The second-order valence-corrected chi connectivity index (χ2v) is 16.9. The average molecular weight is 762 g/mol. The number of nitrogens with zero attached hydrogens (tertiary/aromatic N) is 8. The van der Waals surface area contributed by atoms with Crippen LogP contribution in [0.2, 0.25) is 0 Å². The van der Waals surface area contributed by atoms with Crippen LogP contribution < -0.4 is 10.5 Å². The topological polar surface area (TPSA) is 218 Å². The van der Waals surface area contributed by atoms with Crippen molar-refractivity contribution >= 4 is 65.3 Å². The number of rotatable bonds is 0. The molecule has 0 radical (unpaired) electrons. The number of nitrogen functional groups attached to an aromatic ring is 1. The molecule has 9 heterocycles. The third-order valence-corrected chi connectivity index (χ3v) is 11.4. The third kappa shape index (κ3) is 6.27. The molecule has 9 rings (SSSR count). The van der Waals surface area contributed by atoms with Gasteiger partial charge in [-0.3, -0.25) is 18.2 Å². The van der Waals surface area contributed by atoms with Crippen LogP contribution in [0.15, 0.2) is 31.1 Å². The lowest BCUT2D eigenvalue weighted by atomic mass is 10.1. The van der Waals surface area contributed by atoms with Crippen molar-refractivity contribution in [3.8, 4) is 5.88 Å². The lowest BCUT2D eigenvalue weighted by Gasteiger charge is -2.29. The minimum Gasteiger partial charge on any atom is -0.472 e. The zero-order valence-electron chi connectivity index (χ0n) is 24.9. The average Bonchev–Trinajstić information content (AvgIpc) is 3.81. The van der Waals surface area contributed by atoms with Crippen molar-refractivity contribution < 1.29 is 50.9 Å². The fourth-order valence-corrected chi connectivity index (χ4v) is 8.93. The van der Waals surface area contributed by atoms with Gasteiger partial charge in [0.15, 0.2) is 41.6 Å². The quantitative estimate of drug-likeness (QED) is 0.172. The number of alkyl halides is 2. The number of hydrogen-bond donors (Lipinski definition) is 3. The molecule has 3 unspecified atom stereocenters. The molecule has 4 aromatic heterocycles. The number of allylic oxidation sites excluding steroid dienone is 1. The summed E-state index contributed by atoms with van der Waals surface area (Å²) in [4.78, 5) is 47.9. The van der Waals surface area contributed by atoms with Crippen LogP contribution in [-0.2, 0) is 57.6 Å². The van der Waals surface area contributed by atoms with E-state index < -0.39 is 75.9 Å². The van der Waals surface area contributed by atoms with Gasteiger partial charge in [-0.2, -0.15) is 9.97 Å². The summed E-state index contributed by atoms with van der Waals surface area (Å²) in [6.45, 7) is -9.64. The maximum atomic E-state index is 16.3. The lowest BCUT2D eigenvalue weighted by molar-refractivity contribution is -0.0583. The second-order valence-electron chi connectivity index (χ2n) is 11.4. The minimum absolute atomic E-state index is 0.0433. The van der Waals surface area contributed by atoms with Crippen molar-refractivity contribution in [2.45, 2.75) is 62.1 Å². The lowest BCUT2D eigenvalue weighted by Crippen LogP contribution is -2.37. The van der Waals surface area contributed by atoms with E-state index in [0.717, 1.165) is 0 Å². The van der Waals surface area contributed by atoms with Crippen LogP contribution in [0.25, 0.3) is 22.3 Å². The highest BCUT2D eigenvalue weighted by Gasteiger charge is 2.53. The molecule has 14 bridgehead atoms. The van der Waals surface area contributed by atoms with Gasteiger partial charge in [-0.25, -0.2) is 28.7 Å². The summed E-state index contributed by atoms with van der Waals surface area (Å²) in [5, 5.41) is 0. The van der Waals surface area contributed by atoms with Gasteiger partial charge in [0.25, 0.3) is 0 Å². The molecule has 0 aliphatic carbocycles. The Morgan fingerprint density at radius 2 is 1.43 bits per heavy atom. The summed E-state index contributed by atoms with van der Waals surface area (Å²) in [6, 6.07) is 0. The molecule has 49 heavy (non-hydrogen) atoms. The Kier molecular flexibility index (Phi) is 8.73. The summed E-state index contributed by atoms with van der Waals surface area (Å²) in [7, 11) is 0. The van der Waals surface area contributed by atoms with Crippen LogP contribution in [0.3, 0.4) is 0 Å². The summed E-state index contributed by atoms with van der Waals surface area (Å²) in [6.07, 6.45) is -4.12. The van der Waals surface area contributed by atoms with E-state index in [1.54, 1.807) is 6.08 Å². The Morgan fingerprint density at radius 1 is 0.816 bits per heavy atom. The van der Waals surface area contributed by atoms with E-state index in [4.69, 9.17) is 61.7 Å². The SMILES string of the molecule is Nc1nc2c3ncn(c3n1)C1O[C@@H]3COP(O)(=S)O[C@H]4[C@@H](F)[C@@H](O[C@@H]4COP(O)(=S)O[C@H]3[C@H]1F)n1cnc3c(ncnc31)CC/C=C/CO2. The zero-order chi connectivity index (χ0) is 34.1. The van der Waals surface area contributed by atoms with Crippen LogP contribution in [0, 0.1) is 0 Å². The number of fused-ring (bicyclic) bond motifs is 10. The number of ether oxygens (including phenoxy) is 3. The van der Waals surface area contributed by atoms with Gasteiger partial charge in [0, 0.05) is 0 Å². The normalized spacial score (nSPS) is 37.6. The van der Waals surface area contributed by atoms with Crippen molar-refractivity contribution in [3.63, 3.8) is 0 Å². The van der Waals surface area contributed by atoms with Gasteiger partial charge >= 0.3 is 13.4 Å². The van der Waals surface area contributed by atoms with Gasteiger partial charge in [-0.15, -0.1) is 0 Å². The van der Waals surface area contributed by atoms with Gasteiger partial charge in [-0.05, 0) is 36.5 Å². The van der Waals surface area contributed by atoms with E-state index in [0.29, 0.717) is 24.1 Å². The molecule has 0 saturated carbocycles. The highest BCUT2D eigenvalue weighted by atomic mass is 32.5. The Morgan fingerprint density at radius 3 is 2.08 bits per heavy atom. The largest absolute Gasteiger partial charge is 0.472 e. The van der Waals surface area contributed by atoms with E-state index in [2.05, 4.69) is 29.9 Å². The van der Waals surface area contributed by atoms with Gasteiger partial charge in [0.1, 0.15) is 42.9 Å². The highest BCUT2D eigenvalue weighted by Crippen LogP contribution is 2.54. The predicted molar refractivity (Wildman–Crippen MR) is 170 cm³/mol. The molecular formula is C25H27F2N9O9P2S2. The summed E-state index contributed by atoms with van der Waals surface area (Å²) in [5.41, 5.74) is 7.48. The van der Waals surface area contributed by atoms with Crippen molar-refractivity contribution in [1.29, 1.82) is 0 Å². The van der Waals surface area contributed by atoms with Gasteiger partial charge in [0.05, 0.1) is 31.6 Å². The third-order valence-electron chi connectivity index (χ3n) is 8.27. The monoisotopic (exact) mass is 761 g/mol. The molecule has 262 valence electrons. The summed E-state index contributed by atoms with van der Waals surface area (Å²) >= 11 is 10.5. The van der Waals surface area contributed by atoms with E-state index >= 15 is 8.78 Å². The van der Waals surface area contributed by atoms with Gasteiger partial charge < -0.3 is 38.8 Å². The molecule has 4 aromatic rings. The number of imidazole rings is 2. The molecule has 5 aliphatic rings. The molecule has 3 saturated heterocycles. The predicted octanol–water partition coefficient (Wildman–Crippen LogP) is 1.85. The number of aryl methyl sites for hydroxylation is 1. The van der Waals surface area contributed by atoms with E-state index in [1.807, 2.05) is 6.08 Å². The van der Waals surface area contributed by atoms with Gasteiger partial charge in [0.2, 0.25) is 11.8 Å². The maximum Gasteiger partial charge on any atom is 0.325 e. The van der Waals surface area contributed by atoms with Crippen molar-refractivity contribution in [1.82, 2.24) is 39.0 Å². The first-order valence-electron chi connectivity index (χ1n) is 14.8. The molecule has 0 amide bonds. The molecule has 10 atom stereocenters. The number of anilines is 1. The molecule has 5 aliphatic heterocycles. The summed E-state index contributed by atoms with van der Waals surface area (Å²) < 4.78 is 75.4.